The number of benzene rings is 2. The first-order valence-electron chi connectivity index (χ1n) is 14.9. The third kappa shape index (κ3) is 5.53. The van der Waals surface area contributed by atoms with Crippen molar-refractivity contribution in [1.29, 1.82) is 0 Å². The largest absolute Gasteiger partial charge is 0.295 e. The van der Waals surface area contributed by atoms with E-state index in [0.717, 1.165) is 25.2 Å². The van der Waals surface area contributed by atoms with Crippen LogP contribution in [0.25, 0.3) is 11.4 Å². The molecular formula is C34H45N3. The van der Waals surface area contributed by atoms with Crippen molar-refractivity contribution >= 4 is 0 Å². The van der Waals surface area contributed by atoms with Gasteiger partial charge >= 0.3 is 0 Å². The molecular weight excluding hydrogens is 450 g/mol. The van der Waals surface area contributed by atoms with Crippen molar-refractivity contribution in [3.8, 4) is 11.4 Å². The molecule has 0 N–H and O–H groups in total. The van der Waals surface area contributed by atoms with Gasteiger partial charge in [-0.1, -0.05) is 82.0 Å². The van der Waals surface area contributed by atoms with Crippen LogP contribution in [0, 0.1) is 6.92 Å². The molecule has 0 unspecified atom stereocenters. The van der Waals surface area contributed by atoms with Crippen LogP contribution in [0.15, 0.2) is 42.5 Å². The summed E-state index contributed by atoms with van der Waals surface area (Å²) in [5, 5.41) is 0. The summed E-state index contributed by atoms with van der Waals surface area (Å²) < 4.78 is 0. The lowest BCUT2D eigenvalue weighted by atomic mass is 9.86. The zero-order chi connectivity index (χ0) is 25.8. The number of aryl methyl sites for hydroxylation is 4. The smallest absolute Gasteiger partial charge is 0.160 e. The van der Waals surface area contributed by atoms with Gasteiger partial charge in [-0.2, -0.15) is 0 Å². The summed E-state index contributed by atoms with van der Waals surface area (Å²) in [5.41, 5.74) is 11.0. The molecule has 0 bridgehead atoms. The first-order valence-corrected chi connectivity index (χ1v) is 14.9. The van der Waals surface area contributed by atoms with Crippen molar-refractivity contribution in [3.05, 3.63) is 81.7 Å². The zero-order valence-electron chi connectivity index (χ0n) is 23.5. The van der Waals surface area contributed by atoms with Crippen LogP contribution in [0.2, 0.25) is 0 Å². The van der Waals surface area contributed by atoms with Gasteiger partial charge in [0.1, 0.15) is 0 Å². The van der Waals surface area contributed by atoms with Gasteiger partial charge in [-0.05, 0) is 81.2 Å². The predicted octanol–water partition coefficient (Wildman–Crippen LogP) is 8.52. The van der Waals surface area contributed by atoms with Crippen LogP contribution in [0.4, 0.5) is 0 Å². The molecule has 5 rings (SSSR count). The number of rotatable bonds is 7. The van der Waals surface area contributed by atoms with Crippen LogP contribution in [0.5, 0.6) is 0 Å². The van der Waals surface area contributed by atoms with Gasteiger partial charge in [0, 0.05) is 35.3 Å². The summed E-state index contributed by atoms with van der Waals surface area (Å²) >= 11 is 0. The minimum atomic E-state index is 0.471. The maximum absolute atomic E-state index is 5.49. The Balaban J connectivity index is 1.57. The molecule has 37 heavy (non-hydrogen) atoms. The Hall–Kier alpha value is -2.52. The van der Waals surface area contributed by atoms with Gasteiger partial charge in [-0.3, -0.25) is 4.90 Å². The molecule has 1 fully saturated rings. The molecule has 3 aromatic rings. The number of hydrogen-bond acceptors (Lipinski definition) is 3. The lowest BCUT2D eigenvalue weighted by Crippen LogP contribution is -2.29. The number of hydrogen-bond donors (Lipinski definition) is 0. The normalized spacial score (nSPS) is 18.6. The average molecular weight is 496 g/mol. The van der Waals surface area contributed by atoms with E-state index in [0.29, 0.717) is 12.0 Å². The van der Waals surface area contributed by atoms with Gasteiger partial charge in [0.15, 0.2) is 5.82 Å². The molecule has 2 aliphatic rings. The quantitative estimate of drug-likeness (QED) is 0.308. The molecule has 0 amide bonds. The van der Waals surface area contributed by atoms with Crippen LogP contribution < -0.4 is 0 Å². The highest BCUT2D eigenvalue weighted by atomic mass is 15.1. The third-order valence-corrected chi connectivity index (χ3v) is 8.99. The topological polar surface area (TPSA) is 29.0 Å². The SMILES string of the molecule is CCc1cccc(CC)c1-c1nc(C)c(CN(C)[C@H]2CCCc3ccccc32)c(C2CCCCCC2)n1. The van der Waals surface area contributed by atoms with E-state index >= 15 is 0 Å². The van der Waals surface area contributed by atoms with E-state index in [1.54, 1.807) is 0 Å². The minimum Gasteiger partial charge on any atom is -0.295 e. The second-order valence-electron chi connectivity index (χ2n) is 11.4. The molecule has 1 saturated carbocycles. The van der Waals surface area contributed by atoms with Gasteiger partial charge < -0.3 is 0 Å². The summed E-state index contributed by atoms with van der Waals surface area (Å²) in [6, 6.07) is 16.3. The van der Waals surface area contributed by atoms with Crippen molar-refractivity contribution in [2.45, 2.75) is 110 Å². The van der Waals surface area contributed by atoms with Crippen LogP contribution in [0.3, 0.4) is 0 Å². The Kier molecular flexibility index (Phi) is 8.39. The van der Waals surface area contributed by atoms with Crippen molar-refractivity contribution in [3.63, 3.8) is 0 Å². The van der Waals surface area contributed by atoms with E-state index < -0.39 is 0 Å². The molecule has 1 aromatic heterocycles. The molecule has 0 saturated heterocycles. The van der Waals surface area contributed by atoms with Gasteiger partial charge in [0.25, 0.3) is 0 Å². The first kappa shape index (κ1) is 26.1. The number of aromatic nitrogens is 2. The van der Waals surface area contributed by atoms with Gasteiger partial charge in [0.2, 0.25) is 0 Å². The lowest BCUT2D eigenvalue weighted by Gasteiger charge is -2.34. The standard InChI is InChI=1S/C34H45N3/c1-5-25-18-13-19-26(6-2)32(25)34-35-24(3)30(33(36-34)28-16-9-7-8-10-17-28)23-37(4)31-22-14-20-27-15-11-12-21-29(27)31/h11-13,15,18-19,21,28,31H,5-10,14,16-17,20,22-23H2,1-4H3/t31-/m0/s1. The van der Waals surface area contributed by atoms with Gasteiger partial charge in [-0.25, -0.2) is 9.97 Å². The summed E-state index contributed by atoms with van der Waals surface area (Å²) in [4.78, 5) is 13.3. The molecule has 1 heterocycles. The summed E-state index contributed by atoms with van der Waals surface area (Å²) in [7, 11) is 2.32. The van der Waals surface area contributed by atoms with Gasteiger partial charge in [0.05, 0.1) is 5.69 Å². The molecule has 0 aliphatic heterocycles. The average Bonchev–Trinajstić information content (AvgIpc) is 3.22. The van der Waals surface area contributed by atoms with E-state index in [1.165, 1.54) is 103 Å². The van der Waals surface area contributed by atoms with E-state index in [2.05, 4.69) is 75.2 Å². The maximum Gasteiger partial charge on any atom is 0.160 e. The van der Waals surface area contributed by atoms with Crippen LogP contribution in [-0.4, -0.2) is 21.9 Å². The summed E-state index contributed by atoms with van der Waals surface area (Å²) in [5.74, 6) is 1.50. The zero-order valence-corrected chi connectivity index (χ0v) is 23.5. The van der Waals surface area contributed by atoms with Crippen LogP contribution >= 0.6 is 0 Å². The van der Waals surface area contributed by atoms with E-state index in [1.807, 2.05) is 0 Å². The fourth-order valence-electron chi connectivity index (χ4n) is 6.89. The van der Waals surface area contributed by atoms with E-state index in [9.17, 15) is 0 Å². The molecule has 2 aliphatic carbocycles. The Labute approximate surface area is 224 Å². The minimum absolute atomic E-state index is 0.471. The molecule has 0 radical (unpaired) electrons. The fourth-order valence-corrected chi connectivity index (χ4v) is 6.89. The number of nitrogens with zero attached hydrogens (tertiary/aromatic N) is 3. The van der Waals surface area contributed by atoms with Crippen molar-refractivity contribution in [2.24, 2.45) is 0 Å². The second kappa shape index (κ2) is 11.9. The monoisotopic (exact) mass is 495 g/mol. The highest BCUT2D eigenvalue weighted by molar-refractivity contribution is 5.66. The molecule has 1 atom stereocenters. The molecule has 3 nitrogen and oxygen atoms in total. The fraction of sp³-hybridized carbons (Fsp3) is 0.529. The highest BCUT2D eigenvalue weighted by Gasteiger charge is 2.28. The Morgan fingerprint density at radius 1 is 0.811 bits per heavy atom. The summed E-state index contributed by atoms with van der Waals surface area (Å²) in [6.45, 7) is 7.67. The van der Waals surface area contributed by atoms with Gasteiger partial charge in [-0.15, -0.1) is 0 Å². The highest BCUT2D eigenvalue weighted by Crippen LogP contribution is 2.38. The third-order valence-electron chi connectivity index (χ3n) is 8.99. The first-order chi connectivity index (χ1) is 18.1. The molecule has 3 heteroatoms. The van der Waals surface area contributed by atoms with Crippen LogP contribution in [0.1, 0.15) is 116 Å². The maximum atomic E-state index is 5.49. The molecule has 0 spiro atoms. The van der Waals surface area contributed by atoms with Crippen LogP contribution in [-0.2, 0) is 25.8 Å². The van der Waals surface area contributed by atoms with Crippen molar-refractivity contribution in [1.82, 2.24) is 14.9 Å². The van der Waals surface area contributed by atoms with Crippen molar-refractivity contribution in [2.75, 3.05) is 7.05 Å². The van der Waals surface area contributed by atoms with Crippen molar-refractivity contribution < 1.29 is 0 Å². The lowest BCUT2D eigenvalue weighted by molar-refractivity contribution is 0.211. The predicted molar refractivity (Wildman–Crippen MR) is 155 cm³/mol. The number of fused-ring (bicyclic) bond motifs is 1. The molecule has 196 valence electrons. The second-order valence-corrected chi connectivity index (χ2v) is 11.4. The summed E-state index contributed by atoms with van der Waals surface area (Å²) in [6.07, 6.45) is 13.6. The van der Waals surface area contributed by atoms with E-state index in [-0.39, 0.29) is 0 Å². The Bertz CT molecular complexity index is 1180. The Morgan fingerprint density at radius 2 is 1.51 bits per heavy atom. The van der Waals surface area contributed by atoms with E-state index in [4.69, 9.17) is 9.97 Å². The Morgan fingerprint density at radius 3 is 2.22 bits per heavy atom. The molecule has 2 aromatic carbocycles.